The number of hydrogen-bond donors (Lipinski definition) is 0. The van der Waals surface area contributed by atoms with Gasteiger partial charge in [-0.3, -0.25) is 0 Å². The highest BCUT2D eigenvalue weighted by Crippen LogP contribution is 2.40. The smallest absolute Gasteiger partial charge is 0.207 e. The second-order valence-corrected chi connectivity index (χ2v) is 6.71. The van der Waals surface area contributed by atoms with Crippen LogP contribution in [0.15, 0.2) is 30.3 Å². The van der Waals surface area contributed by atoms with Crippen LogP contribution in [0, 0.1) is 24.4 Å². The van der Waals surface area contributed by atoms with Gasteiger partial charge in [-0.25, -0.2) is 13.2 Å². The molecule has 0 saturated heterocycles. The van der Waals surface area contributed by atoms with Crippen LogP contribution in [0.3, 0.4) is 0 Å². The van der Waals surface area contributed by atoms with Crippen molar-refractivity contribution in [1.82, 2.24) is 0 Å². The average Bonchev–Trinajstić information content (AvgIpc) is 2.59. The molecule has 0 N–H and O–H groups in total. The Bertz CT molecular complexity index is 753. The minimum Gasteiger partial charge on any atom is -0.207 e. The van der Waals surface area contributed by atoms with Crippen LogP contribution in [0.5, 0.6) is 0 Å². The van der Waals surface area contributed by atoms with Crippen molar-refractivity contribution in [3.8, 4) is 0 Å². The largest absolute Gasteiger partial charge is 0.301 e. The molecule has 0 aromatic heterocycles. The lowest BCUT2D eigenvalue weighted by molar-refractivity contribution is 0.0381. The second kappa shape index (κ2) is 6.77. The predicted octanol–water partition coefficient (Wildman–Crippen LogP) is 6.60. The Kier molecular flexibility index (Phi) is 4.85. The van der Waals surface area contributed by atoms with E-state index in [2.05, 4.69) is 0 Å². The molecule has 1 aliphatic carbocycles. The van der Waals surface area contributed by atoms with Gasteiger partial charge in [0.25, 0.3) is 0 Å². The summed E-state index contributed by atoms with van der Waals surface area (Å²) in [6, 6.07) is 4.80. The molecule has 0 bridgehead atoms. The van der Waals surface area contributed by atoms with Crippen molar-refractivity contribution in [2.24, 2.45) is 0 Å². The zero-order chi connectivity index (χ0) is 18.2. The van der Waals surface area contributed by atoms with E-state index in [0.717, 1.165) is 51.2 Å². The lowest BCUT2D eigenvalue weighted by Gasteiger charge is -2.24. The maximum absolute atomic E-state index is 14.6. The fourth-order valence-electron chi connectivity index (χ4n) is 3.46. The molecule has 1 aliphatic rings. The van der Waals surface area contributed by atoms with Crippen molar-refractivity contribution in [1.29, 1.82) is 0 Å². The van der Waals surface area contributed by atoms with E-state index < -0.39 is 34.5 Å². The summed E-state index contributed by atoms with van der Waals surface area (Å²) in [6.45, 7) is 1.16. The summed E-state index contributed by atoms with van der Waals surface area (Å²) in [5.74, 6) is -6.83. The number of benzene rings is 2. The van der Waals surface area contributed by atoms with Crippen LogP contribution in [-0.4, -0.2) is 0 Å². The minimum absolute atomic E-state index is 0.181. The molecule has 5 heteroatoms. The molecule has 1 saturated carbocycles. The summed E-state index contributed by atoms with van der Waals surface area (Å²) >= 11 is 0. The first-order valence-corrected chi connectivity index (χ1v) is 8.44. The highest BCUT2D eigenvalue weighted by Gasteiger charge is 2.38. The third-order valence-corrected chi connectivity index (χ3v) is 5.05. The zero-order valence-electron chi connectivity index (χ0n) is 13.9. The van der Waals surface area contributed by atoms with Crippen LogP contribution in [0.25, 0.3) is 0 Å². The van der Waals surface area contributed by atoms with Gasteiger partial charge in [0.05, 0.1) is 5.56 Å². The molecule has 0 aliphatic heterocycles. The Balaban J connectivity index is 1.97. The molecule has 0 atom stereocenters. The standard InChI is InChI=1S/C20H19F5/c1-12-17(21)10-15(11-18(12)22)20(24,25)16-8-7-14(9-19(16)23)13-5-3-2-4-6-13/h7-11,13H,2-6H2,1H3. The summed E-state index contributed by atoms with van der Waals surface area (Å²) in [5.41, 5.74) is -1.39. The van der Waals surface area contributed by atoms with Crippen molar-refractivity contribution in [2.45, 2.75) is 50.9 Å². The van der Waals surface area contributed by atoms with Gasteiger partial charge >= 0.3 is 5.92 Å². The van der Waals surface area contributed by atoms with Gasteiger partial charge in [0.2, 0.25) is 0 Å². The van der Waals surface area contributed by atoms with Crippen LogP contribution in [0.1, 0.15) is 60.3 Å². The monoisotopic (exact) mass is 354 g/mol. The Morgan fingerprint density at radius 3 is 2.00 bits per heavy atom. The molecule has 0 spiro atoms. The predicted molar refractivity (Wildman–Crippen MR) is 86.3 cm³/mol. The van der Waals surface area contributed by atoms with Crippen LogP contribution < -0.4 is 0 Å². The number of alkyl halides is 2. The first-order valence-electron chi connectivity index (χ1n) is 8.44. The molecule has 0 nitrogen and oxygen atoms in total. The van der Waals surface area contributed by atoms with Gasteiger partial charge in [-0.15, -0.1) is 0 Å². The molecule has 0 radical (unpaired) electrons. The Hall–Kier alpha value is -1.91. The summed E-state index contributed by atoms with van der Waals surface area (Å²) in [6.07, 6.45) is 5.07. The quantitative estimate of drug-likeness (QED) is 0.545. The zero-order valence-corrected chi connectivity index (χ0v) is 13.9. The number of hydrogen-bond acceptors (Lipinski definition) is 0. The SMILES string of the molecule is Cc1c(F)cc(C(F)(F)c2ccc(C3CCCCC3)cc2F)cc1F. The molecule has 3 rings (SSSR count). The van der Waals surface area contributed by atoms with Gasteiger partial charge in [-0.05, 0) is 55.5 Å². The fraction of sp³-hybridized carbons (Fsp3) is 0.400. The van der Waals surface area contributed by atoms with Crippen LogP contribution in [0.2, 0.25) is 0 Å². The van der Waals surface area contributed by atoms with Crippen molar-refractivity contribution < 1.29 is 22.0 Å². The van der Waals surface area contributed by atoms with E-state index in [1.807, 2.05) is 0 Å². The molecule has 0 unspecified atom stereocenters. The fourth-order valence-corrected chi connectivity index (χ4v) is 3.46. The Morgan fingerprint density at radius 2 is 1.44 bits per heavy atom. The third-order valence-electron chi connectivity index (χ3n) is 5.05. The molecule has 2 aromatic rings. The summed E-state index contributed by atoms with van der Waals surface area (Å²) in [5, 5.41) is 0. The normalized spacial score (nSPS) is 16.2. The first kappa shape index (κ1) is 17.9. The maximum Gasteiger partial charge on any atom is 0.301 e. The van der Waals surface area contributed by atoms with E-state index in [1.54, 1.807) is 0 Å². The lowest BCUT2D eigenvalue weighted by Crippen LogP contribution is -2.19. The Labute approximate surface area is 143 Å². The summed E-state index contributed by atoms with van der Waals surface area (Å²) < 4.78 is 70.9. The van der Waals surface area contributed by atoms with Gasteiger partial charge in [-0.1, -0.05) is 25.3 Å². The number of rotatable bonds is 3. The first-order chi connectivity index (χ1) is 11.8. The second-order valence-electron chi connectivity index (χ2n) is 6.71. The minimum atomic E-state index is -3.81. The molecule has 2 aromatic carbocycles. The van der Waals surface area contributed by atoms with Crippen LogP contribution in [-0.2, 0) is 5.92 Å². The van der Waals surface area contributed by atoms with Crippen LogP contribution in [0.4, 0.5) is 22.0 Å². The van der Waals surface area contributed by atoms with Crippen molar-refractivity contribution in [3.63, 3.8) is 0 Å². The van der Waals surface area contributed by atoms with Crippen molar-refractivity contribution in [2.75, 3.05) is 0 Å². The van der Waals surface area contributed by atoms with Crippen LogP contribution >= 0.6 is 0 Å². The molecule has 0 amide bonds. The average molecular weight is 354 g/mol. The molecule has 0 heterocycles. The third kappa shape index (κ3) is 3.42. The van der Waals surface area contributed by atoms with E-state index in [0.29, 0.717) is 17.7 Å². The van der Waals surface area contributed by atoms with E-state index in [4.69, 9.17) is 0 Å². The number of halogens is 5. The topological polar surface area (TPSA) is 0 Å². The van der Waals surface area contributed by atoms with Crippen molar-refractivity contribution in [3.05, 3.63) is 70.0 Å². The highest BCUT2D eigenvalue weighted by molar-refractivity contribution is 5.38. The van der Waals surface area contributed by atoms with Crippen molar-refractivity contribution >= 4 is 0 Å². The molecule has 25 heavy (non-hydrogen) atoms. The van der Waals surface area contributed by atoms with E-state index in [9.17, 15) is 22.0 Å². The molecule has 1 fully saturated rings. The van der Waals surface area contributed by atoms with E-state index in [-0.39, 0.29) is 11.5 Å². The Morgan fingerprint density at radius 1 is 0.840 bits per heavy atom. The van der Waals surface area contributed by atoms with Gasteiger partial charge in [0, 0.05) is 11.1 Å². The van der Waals surface area contributed by atoms with E-state index >= 15 is 0 Å². The molecular weight excluding hydrogens is 335 g/mol. The van der Waals surface area contributed by atoms with Gasteiger partial charge in [0.1, 0.15) is 17.5 Å². The lowest BCUT2D eigenvalue weighted by atomic mass is 9.83. The van der Waals surface area contributed by atoms with E-state index in [1.165, 1.54) is 6.07 Å². The van der Waals surface area contributed by atoms with Gasteiger partial charge < -0.3 is 0 Å². The van der Waals surface area contributed by atoms with Gasteiger partial charge in [0.15, 0.2) is 0 Å². The van der Waals surface area contributed by atoms with Gasteiger partial charge in [-0.2, -0.15) is 8.78 Å². The summed E-state index contributed by atoms with van der Waals surface area (Å²) in [4.78, 5) is 0. The maximum atomic E-state index is 14.6. The molecule has 134 valence electrons. The summed E-state index contributed by atoms with van der Waals surface area (Å²) in [7, 11) is 0. The highest BCUT2D eigenvalue weighted by atomic mass is 19.3. The molecular formula is C20H19F5.